The third-order valence-electron chi connectivity index (χ3n) is 1.26. The number of oxime groups is 1. The Morgan fingerprint density at radius 1 is 1.25 bits per heavy atom. The van der Waals surface area contributed by atoms with Gasteiger partial charge in [-0.25, -0.2) is 4.79 Å². The van der Waals surface area contributed by atoms with Gasteiger partial charge in [-0.3, -0.25) is 4.79 Å². The van der Waals surface area contributed by atoms with Crippen molar-refractivity contribution in [2.75, 3.05) is 0 Å². The van der Waals surface area contributed by atoms with Gasteiger partial charge in [0.15, 0.2) is 5.78 Å². The van der Waals surface area contributed by atoms with E-state index in [0.29, 0.717) is 18.6 Å². The Morgan fingerprint density at radius 2 is 1.83 bits per heavy atom. The normalized spacial score (nSPS) is 11.1. The summed E-state index contributed by atoms with van der Waals surface area (Å²) in [5.41, 5.74) is 0.313. The van der Waals surface area contributed by atoms with E-state index in [0.717, 1.165) is 0 Å². The number of nitrogens with zero attached hydrogens (tertiary/aromatic N) is 1. The van der Waals surface area contributed by atoms with Gasteiger partial charge in [0, 0.05) is 13.3 Å². The minimum atomic E-state index is -0.509. The van der Waals surface area contributed by atoms with Crippen LogP contribution in [0.25, 0.3) is 0 Å². The topological polar surface area (TPSA) is 55.7 Å². The van der Waals surface area contributed by atoms with Crippen molar-refractivity contribution >= 4 is 17.5 Å². The fourth-order valence-electron chi connectivity index (χ4n) is 0.636. The molecule has 0 unspecified atom stereocenters. The molecule has 0 aromatic carbocycles. The Kier molecular flexibility index (Phi) is 4.92. The number of rotatable bonds is 4. The molecule has 0 aliphatic rings. The fraction of sp³-hybridized carbons (Fsp3) is 0.625. The van der Waals surface area contributed by atoms with Crippen molar-refractivity contribution in [3.05, 3.63) is 0 Å². The Hall–Kier alpha value is -1.19. The van der Waals surface area contributed by atoms with E-state index in [4.69, 9.17) is 0 Å². The zero-order chi connectivity index (χ0) is 9.56. The minimum Gasteiger partial charge on any atom is -0.318 e. The molecule has 0 saturated carbocycles. The fourth-order valence-corrected chi connectivity index (χ4v) is 0.636. The van der Waals surface area contributed by atoms with E-state index in [1.807, 2.05) is 0 Å². The van der Waals surface area contributed by atoms with E-state index in [9.17, 15) is 9.59 Å². The molecule has 0 amide bonds. The molecule has 4 nitrogen and oxygen atoms in total. The summed E-state index contributed by atoms with van der Waals surface area (Å²) < 4.78 is 0. The van der Waals surface area contributed by atoms with Crippen molar-refractivity contribution in [2.45, 2.75) is 33.6 Å². The van der Waals surface area contributed by atoms with E-state index in [1.165, 1.54) is 6.92 Å². The number of hydrogen-bond donors (Lipinski definition) is 0. The molecule has 0 rings (SSSR count). The summed E-state index contributed by atoms with van der Waals surface area (Å²) in [4.78, 5) is 25.7. The number of hydrogen-bond acceptors (Lipinski definition) is 4. The van der Waals surface area contributed by atoms with Gasteiger partial charge in [-0.2, -0.15) is 0 Å². The maximum Gasteiger partial charge on any atom is 0.331 e. The lowest BCUT2D eigenvalue weighted by atomic mass is 10.1. The lowest BCUT2D eigenvalue weighted by molar-refractivity contribution is -0.140. The van der Waals surface area contributed by atoms with Crippen LogP contribution >= 0.6 is 0 Å². The lowest BCUT2D eigenvalue weighted by Crippen LogP contribution is -2.12. The van der Waals surface area contributed by atoms with Gasteiger partial charge in [0.2, 0.25) is 0 Å². The summed E-state index contributed by atoms with van der Waals surface area (Å²) in [6.07, 6.45) is 0.869. The van der Waals surface area contributed by atoms with Gasteiger partial charge in [0.05, 0.1) is 0 Å². The average molecular weight is 171 g/mol. The Morgan fingerprint density at radius 3 is 2.17 bits per heavy atom. The number of carbonyl (C=O) groups is 2. The summed E-state index contributed by atoms with van der Waals surface area (Å²) in [7, 11) is 0. The molecule has 68 valence electrons. The van der Waals surface area contributed by atoms with E-state index in [2.05, 4.69) is 9.99 Å². The SMILES string of the molecule is CCC(=O)/C(CC)=N/OC(C)=O. The molecule has 0 radical (unpaired) electrons. The second-order valence-electron chi connectivity index (χ2n) is 2.25. The van der Waals surface area contributed by atoms with Crippen LogP contribution in [0.2, 0.25) is 0 Å². The molecule has 0 heterocycles. The van der Waals surface area contributed by atoms with Gasteiger partial charge in [0.25, 0.3) is 0 Å². The molecule has 0 aliphatic heterocycles. The first-order valence-corrected chi connectivity index (χ1v) is 3.89. The van der Waals surface area contributed by atoms with Crippen LogP contribution in [-0.4, -0.2) is 17.5 Å². The van der Waals surface area contributed by atoms with Crippen molar-refractivity contribution < 1.29 is 14.4 Å². The standard InChI is InChI=1S/C8H13NO3/c1-4-7(8(11)5-2)9-12-6(3)10/h4-5H2,1-3H3/b9-7+. The number of Topliss-reactive ketones (excluding diaryl/α,β-unsaturated/α-hetero) is 1. The molecule has 0 bridgehead atoms. The van der Waals surface area contributed by atoms with Crippen LogP contribution in [0.5, 0.6) is 0 Å². The van der Waals surface area contributed by atoms with Crippen LogP contribution < -0.4 is 0 Å². The highest BCUT2D eigenvalue weighted by Crippen LogP contribution is 1.93. The van der Waals surface area contributed by atoms with Gasteiger partial charge in [-0.05, 0) is 6.42 Å². The van der Waals surface area contributed by atoms with Crippen LogP contribution in [-0.2, 0) is 14.4 Å². The Labute approximate surface area is 71.6 Å². The molecule has 0 spiro atoms. The number of carbonyl (C=O) groups excluding carboxylic acids is 2. The smallest absolute Gasteiger partial charge is 0.318 e. The van der Waals surface area contributed by atoms with Gasteiger partial charge < -0.3 is 4.84 Å². The third-order valence-corrected chi connectivity index (χ3v) is 1.26. The van der Waals surface area contributed by atoms with Crippen LogP contribution in [0.3, 0.4) is 0 Å². The molecule has 0 N–H and O–H groups in total. The molecule has 0 aromatic heterocycles. The maximum absolute atomic E-state index is 11.0. The van der Waals surface area contributed by atoms with Gasteiger partial charge >= 0.3 is 5.97 Å². The predicted molar refractivity (Wildman–Crippen MR) is 44.8 cm³/mol. The molecule has 0 aromatic rings. The molecular formula is C8H13NO3. The van der Waals surface area contributed by atoms with E-state index in [-0.39, 0.29) is 5.78 Å². The average Bonchev–Trinajstić information content (AvgIpc) is 2.04. The highest BCUT2D eigenvalue weighted by Gasteiger charge is 2.07. The molecule has 0 saturated heterocycles. The molecule has 0 aliphatic carbocycles. The minimum absolute atomic E-state index is 0.0845. The van der Waals surface area contributed by atoms with E-state index < -0.39 is 5.97 Å². The monoisotopic (exact) mass is 171 g/mol. The summed E-state index contributed by atoms with van der Waals surface area (Å²) in [5.74, 6) is -0.594. The van der Waals surface area contributed by atoms with Crippen LogP contribution in [0.4, 0.5) is 0 Å². The maximum atomic E-state index is 11.0. The Bertz CT molecular complexity index is 208. The molecule has 0 atom stereocenters. The van der Waals surface area contributed by atoms with E-state index >= 15 is 0 Å². The highest BCUT2D eigenvalue weighted by atomic mass is 16.7. The molecule has 12 heavy (non-hydrogen) atoms. The molecule has 0 fully saturated rings. The van der Waals surface area contributed by atoms with Crippen molar-refractivity contribution in [1.29, 1.82) is 0 Å². The van der Waals surface area contributed by atoms with Crippen LogP contribution in [0.1, 0.15) is 33.6 Å². The first kappa shape index (κ1) is 10.8. The van der Waals surface area contributed by atoms with Crippen molar-refractivity contribution in [1.82, 2.24) is 0 Å². The zero-order valence-corrected chi connectivity index (χ0v) is 7.59. The molecule has 4 heteroatoms. The van der Waals surface area contributed by atoms with Gasteiger partial charge in [0.1, 0.15) is 5.71 Å². The van der Waals surface area contributed by atoms with Crippen LogP contribution in [0, 0.1) is 0 Å². The largest absolute Gasteiger partial charge is 0.331 e. The summed E-state index contributed by atoms with van der Waals surface area (Å²) >= 11 is 0. The third kappa shape index (κ3) is 3.85. The summed E-state index contributed by atoms with van der Waals surface area (Å²) in [6.45, 7) is 4.77. The van der Waals surface area contributed by atoms with Gasteiger partial charge in [-0.1, -0.05) is 19.0 Å². The van der Waals surface area contributed by atoms with Crippen molar-refractivity contribution in [3.63, 3.8) is 0 Å². The van der Waals surface area contributed by atoms with Gasteiger partial charge in [-0.15, -0.1) is 0 Å². The van der Waals surface area contributed by atoms with Crippen molar-refractivity contribution in [3.8, 4) is 0 Å². The first-order chi connectivity index (χ1) is 5.61. The Balaban J connectivity index is 4.22. The van der Waals surface area contributed by atoms with Crippen LogP contribution in [0.15, 0.2) is 5.16 Å². The summed E-state index contributed by atoms with van der Waals surface area (Å²) in [6, 6.07) is 0. The zero-order valence-electron chi connectivity index (χ0n) is 7.59. The predicted octanol–water partition coefficient (Wildman–Crippen LogP) is 1.29. The number of ketones is 1. The van der Waals surface area contributed by atoms with Crippen molar-refractivity contribution in [2.24, 2.45) is 5.16 Å². The quantitative estimate of drug-likeness (QED) is 0.364. The van der Waals surface area contributed by atoms with E-state index in [1.54, 1.807) is 13.8 Å². The second kappa shape index (κ2) is 5.46. The first-order valence-electron chi connectivity index (χ1n) is 3.89. The molecular weight excluding hydrogens is 158 g/mol. The highest BCUT2D eigenvalue weighted by molar-refractivity contribution is 6.39. The lowest BCUT2D eigenvalue weighted by Gasteiger charge is -1.97. The summed E-state index contributed by atoms with van der Waals surface area (Å²) in [5, 5.41) is 3.43. The second-order valence-corrected chi connectivity index (χ2v) is 2.25.